The average Bonchev–Trinajstić information content (AvgIpc) is 0. The van der Waals surface area contributed by atoms with E-state index in [0.717, 1.165) is 0 Å². The summed E-state index contributed by atoms with van der Waals surface area (Å²) in [6.45, 7) is 0. The van der Waals surface area contributed by atoms with Crippen molar-refractivity contribution in [3.05, 3.63) is 0 Å². The molecular weight excluding hydrogens is 227 g/mol. The van der Waals surface area contributed by atoms with E-state index in [-0.39, 0.29) is 75.3 Å². The van der Waals surface area contributed by atoms with Crippen LogP contribution >= 0.6 is 9.90 Å². The molecule has 0 amide bonds. The Morgan fingerprint density at radius 2 is 1.25 bits per heavy atom. The van der Waals surface area contributed by atoms with Gasteiger partial charge in [-0.1, -0.05) is 0 Å². The molecule has 0 saturated heterocycles. The Balaban J connectivity index is 0. The van der Waals surface area contributed by atoms with Gasteiger partial charge in [0.25, 0.3) is 0 Å². The number of hydrogen-bond acceptors (Lipinski definition) is 0. The third-order valence-corrected chi connectivity index (χ3v) is 0. The van der Waals surface area contributed by atoms with E-state index in [1.165, 1.54) is 0 Å². The van der Waals surface area contributed by atoms with Crippen molar-refractivity contribution in [2.45, 2.75) is 0 Å². The van der Waals surface area contributed by atoms with E-state index in [0.29, 0.717) is 0 Å². The Morgan fingerprint density at radius 1 is 1.25 bits per heavy atom. The van der Waals surface area contributed by atoms with Gasteiger partial charge in [-0.25, -0.2) is 0 Å². The molecule has 0 spiro atoms. The predicted octanol–water partition coefficient (Wildman–Crippen LogP) is -0.103. The first-order chi connectivity index (χ1) is 0. The van der Waals surface area contributed by atoms with Crippen LogP contribution in [-0.2, 0) is 39.4 Å². The van der Waals surface area contributed by atoms with Gasteiger partial charge in [0.2, 0.25) is 0 Å². The van der Waals surface area contributed by atoms with Crippen LogP contribution in [0, 0.1) is 0 Å². The first-order valence-electron chi connectivity index (χ1n) is 0. The maximum absolute atomic E-state index is 0. The molecule has 1 atom stereocenters. The van der Waals surface area contributed by atoms with Crippen molar-refractivity contribution in [3.63, 3.8) is 0 Å². The van der Waals surface area contributed by atoms with E-state index < -0.39 is 0 Å². The molecule has 0 N–H and O–H groups in total. The Kier molecular flexibility index (Phi) is 143. The SMILES string of the molecule is P.[Ag].[Cu].[H-].[H-].[Mg+2]. The van der Waals surface area contributed by atoms with Gasteiger partial charge in [0, 0.05) is 39.4 Å². The van der Waals surface area contributed by atoms with Crippen molar-refractivity contribution in [1.29, 1.82) is 0 Å². The van der Waals surface area contributed by atoms with Gasteiger partial charge in [-0.2, -0.15) is 9.90 Å². The summed E-state index contributed by atoms with van der Waals surface area (Å²) >= 11 is 0. The molecule has 0 heterocycles. The normalized spacial score (nSPS) is 0. The second kappa shape index (κ2) is 18.0. The van der Waals surface area contributed by atoms with Crippen molar-refractivity contribution < 1.29 is 42.3 Å². The van der Waals surface area contributed by atoms with Gasteiger partial charge in [0.15, 0.2) is 0 Å². The molecule has 0 rings (SSSR count). The van der Waals surface area contributed by atoms with Crippen molar-refractivity contribution >= 4 is 33.0 Å². The smallest absolute Gasteiger partial charge is 1.00 e. The predicted molar refractivity (Wildman–Crippen MR) is 19.1 cm³/mol. The molecule has 0 bridgehead atoms. The maximum Gasteiger partial charge on any atom is 2.00 e. The summed E-state index contributed by atoms with van der Waals surface area (Å²) in [5, 5.41) is 0. The Labute approximate surface area is 74.6 Å². The van der Waals surface area contributed by atoms with Gasteiger partial charge in [-0.3, -0.25) is 0 Å². The topological polar surface area (TPSA) is 0 Å². The second-order valence-corrected chi connectivity index (χ2v) is 0. The molecule has 0 nitrogen and oxygen atoms in total. The summed E-state index contributed by atoms with van der Waals surface area (Å²) in [6, 6.07) is 0. The molecule has 2 radical (unpaired) electrons. The van der Waals surface area contributed by atoms with Crippen LogP contribution in [0.1, 0.15) is 2.85 Å². The summed E-state index contributed by atoms with van der Waals surface area (Å²) in [7, 11) is 0. The van der Waals surface area contributed by atoms with Gasteiger partial charge in [-0.05, 0) is 0 Å². The fourth-order valence-corrected chi connectivity index (χ4v) is 0. The van der Waals surface area contributed by atoms with Crippen LogP contribution in [0.15, 0.2) is 0 Å². The van der Waals surface area contributed by atoms with Crippen molar-refractivity contribution in [1.82, 2.24) is 0 Å². The molecule has 0 aromatic heterocycles. The standard InChI is InChI=1S/Ag.Cu.Mg.H3P.2H/h;;;1H3;;/q;;+2;;2*-1. The van der Waals surface area contributed by atoms with Crippen LogP contribution in [0.2, 0.25) is 0 Å². The molecule has 0 aliphatic carbocycles. The van der Waals surface area contributed by atoms with Crippen molar-refractivity contribution in [3.8, 4) is 0 Å². The first-order valence-corrected chi connectivity index (χ1v) is 0. The van der Waals surface area contributed by atoms with E-state index in [9.17, 15) is 0 Å². The van der Waals surface area contributed by atoms with Crippen LogP contribution < -0.4 is 0 Å². The quantitative estimate of drug-likeness (QED) is 0.404. The van der Waals surface area contributed by atoms with E-state index in [4.69, 9.17) is 0 Å². The average molecular weight is 232 g/mol. The largest absolute Gasteiger partial charge is 2.00 e. The van der Waals surface area contributed by atoms with Gasteiger partial charge < -0.3 is 2.85 Å². The van der Waals surface area contributed by atoms with E-state index >= 15 is 0 Å². The first kappa shape index (κ1) is 31.9. The number of hydrogen-bond donors (Lipinski definition) is 0. The molecule has 0 aliphatic heterocycles. The number of rotatable bonds is 0. The third-order valence-electron chi connectivity index (χ3n) is 0. The fourth-order valence-electron chi connectivity index (χ4n) is 0. The fraction of sp³-hybridized carbons (Fsp3) is 0. The Hall–Kier alpha value is 2.46. The minimum Gasteiger partial charge on any atom is -1.00 e. The second-order valence-electron chi connectivity index (χ2n) is 0. The molecule has 34 valence electrons. The summed E-state index contributed by atoms with van der Waals surface area (Å²) < 4.78 is 0. The van der Waals surface area contributed by atoms with Gasteiger partial charge >= 0.3 is 23.1 Å². The molecule has 0 aliphatic rings. The van der Waals surface area contributed by atoms with Gasteiger partial charge in [-0.15, -0.1) is 0 Å². The summed E-state index contributed by atoms with van der Waals surface area (Å²) in [6.07, 6.45) is 0. The Morgan fingerprint density at radius 3 is 1.25 bits per heavy atom. The van der Waals surface area contributed by atoms with Gasteiger partial charge in [0.05, 0.1) is 0 Å². The van der Waals surface area contributed by atoms with Crippen molar-refractivity contribution in [2.24, 2.45) is 0 Å². The zero-order valence-corrected chi connectivity index (χ0v) is 7.27. The third kappa shape index (κ3) is 8.82. The molecule has 0 fully saturated rings. The molecule has 4 heteroatoms. The molecule has 1 unspecified atom stereocenters. The molecule has 0 saturated carbocycles. The minimum atomic E-state index is 0. The van der Waals surface area contributed by atoms with E-state index in [2.05, 4.69) is 0 Å². The van der Waals surface area contributed by atoms with Crippen molar-refractivity contribution in [2.75, 3.05) is 0 Å². The van der Waals surface area contributed by atoms with Crippen LogP contribution in [0.4, 0.5) is 0 Å². The monoisotopic (exact) mass is 230 g/mol. The maximum atomic E-state index is 0. The van der Waals surface area contributed by atoms with Crippen LogP contribution in [0.5, 0.6) is 0 Å². The minimum absolute atomic E-state index is 0. The van der Waals surface area contributed by atoms with E-state index in [1.807, 2.05) is 0 Å². The zero-order chi connectivity index (χ0) is 0. The molecule has 0 aromatic carbocycles. The molecule has 4 heavy (non-hydrogen) atoms. The molecular formula is H5AgCuMgP. The summed E-state index contributed by atoms with van der Waals surface area (Å²) in [5.41, 5.74) is 0. The van der Waals surface area contributed by atoms with Crippen LogP contribution in [-0.4, -0.2) is 23.1 Å². The summed E-state index contributed by atoms with van der Waals surface area (Å²) in [4.78, 5) is 0. The Bertz CT molecular complexity index is 13.5. The zero-order valence-electron chi connectivity index (χ0n) is 4.02. The summed E-state index contributed by atoms with van der Waals surface area (Å²) in [5.74, 6) is 0. The van der Waals surface area contributed by atoms with Crippen LogP contribution in [0.25, 0.3) is 0 Å². The van der Waals surface area contributed by atoms with Gasteiger partial charge in [0.1, 0.15) is 0 Å². The molecule has 0 aromatic rings. The van der Waals surface area contributed by atoms with E-state index in [1.54, 1.807) is 0 Å². The van der Waals surface area contributed by atoms with Crippen LogP contribution in [0.3, 0.4) is 0 Å².